The molecule has 7 heteroatoms. The summed E-state index contributed by atoms with van der Waals surface area (Å²) in [5, 5.41) is 9.61. The van der Waals surface area contributed by atoms with Gasteiger partial charge in [0.1, 0.15) is 11.5 Å². The number of para-hydroxylation sites is 1. The van der Waals surface area contributed by atoms with Crippen LogP contribution in [0.15, 0.2) is 54.8 Å². The summed E-state index contributed by atoms with van der Waals surface area (Å²) >= 11 is 0. The quantitative estimate of drug-likeness (QED) is 0.193. The van der Waals surface area contributed by atoms with Crippen LogP contribution >= 0.6 is 0 Å². The molecule has 2 aromatic carbocycles. The fourth-order valence-electron chi connectivity index (χ4n) is 3.68. The van der Waals surface area contributed by atoms with Gasteiger partial charge in [0.25, 0.3) is 0 Å². The van der Waals surface area contributed by atoms with E-state index in [9.17, 15) is 18.3 Å². The van der Waals surface area contributed by atoms with E-state index in [4.69, 9.17) is 10.5 Å². The number of nitrogens with two attached hydrogens (primary N) is 1. The number of phenolic OH excluding ortho intramolecular Hbond substituents is 1. The van der Waals surface area contributed by atoms with Crippen LogP contribution in [0.4, 0.5) is 18.9 Å². The lowest BCUT2D eigenvalue weighted by Gasteiger charge is -2.30. The van der Waals surface area contributed by atoms with Gasteiger partial charge in [0, 0.05) is 18.7 Å². The second-order valence-electron chi connectivity index (χ2n) is 7.60. The van der Waals surface area contributed by atoms with Crippen LogP contribution in [-0.2, 0) is 23.9 Å². The first-order valence-electron chi connectivity index (χ1n) is 10.2. The summed E-state index contributed by atoms with van der Waals surface area (Å²) in [7, 11) is 0. The van der Waals surface area contributed by atoms with E-state index in [1.54, 1.807) is 30.4 Å². The third-order valence-electron chi connectivity index (χ3n) is 5.38. The molecule has 3 N–H and O–H groups in total. The van der Waals surface area contributed by atoms with Crippen molar-refractivity contribution in [3.05, 3.63) is 77.1 Å². The van der Waals surface area contributed by atoms with Crippen LogP contribution in [-0.4, -0.2) is 29.7 Å². The summed E-state index contributed by atoms with van der Waals surface area (Å²) < 4.78 is 45.4. The molecule has 2 aromatic rings. The second-order valence-corrected chi connectivity index (χ2v) is 7.60. The Balaban J connectivity index is 1.41. The van der Waals surface area contributed by atoms with Gasteiger partial charge in [-0.25, -0.2) is 0 Å². The molecule has 0 amide bonds. The fourth-order valence-corrected chi connectivity index (χ4v) is 3.68. The largest absolute Gasteiger partial charge is 0.506 e. The van der Waals surface area contributed by atoms with Crippen LogP contribution in [0.25, 0.3) is 6.08 Å². The van der Waals surface area contributed by atoms with Crippen molar-refractivity contribution >= 4 is 11.8 Å². The van der Waals surface area contributed by atoms with Gasteiger partial charge in [-0.05, 0) is 61.2 Å². The maximum absolute atomic E-state index is 13.3. The van der Waals surface area contributed by atoms with Crippen molar-refractivity contribution in [1.82, 2.24) is 4.90 Å². The van der Waals surface area contributed by atoms with Crippen molar-refractivity contribution in [3.63, 3.8) is 0 Å². The van der Waals surface area contributed by atoms with Crippen LogP contribution in [0.1, 0.15) is 35.1 Å². The van der Waals surface area contributed by atoms with Crippen LogP contribution in [0.2, 0.25) is 0 Å². The van der Waals surface area contributed by atoms with Crippen LogP contribution in [0.5, 0.6) is 5.75 Å². The molecule has 0 fully saturated rings. The Bertz CT molecular complexity index is 954. The predicted molar refractivity (Wildman–Crippen MR) is 116 cm³/mol. The minimum Gasteiger partial charge on any atom is -0.506 e. The highest BCUT2D eigenvalue weighted by atomic mass is 19.4. The number of fused-ring (bicyclic) bond motifs is 1. The lowest BCUT2D eigenvalue weighted by Crippen LogP contribution is -2.33. The number of anilines is 1. The lowest BCUT2D eigenvalue weighted by atomic mass is 9.94. The molecule has 31 heavy (non-hydrogen) atoms. The van der Waals surface area contributed by atoms with Gasteiger partial charge in [-0.1, -0.05) is 30.8 Å². The van der Waals surface area contributed by atoms with Crippen molar-refractivity contribution < 1.29 is 23.0 Å². The summed E-state index contributed by atoms with van der Waals surface area (Å²) in [6.07, 6.45) is 1.31. The number of aromatic hydroxyl groups is 1. The third kappa shape index (κ3) is 6.04. The molecule has 0 spiro atoms. The molecule has 0 saturated carbocycles. The molecule has 0 bridgehead atoms. The molecule has 0 atom stereocenters. The summed E-state index contributed by atoms with van der Waals surface area (Å²) in [6.45, 7) is 6.11. The molecule has 0 unspecified atom stereocenters. The average molecular weight is 432 g/mol. The first-order chi connectivity index (χ1) is 14.8. The van der Waals surface area contributed by atoms with Gasteiger partial charge in [-0.15, -0.1) is 0 Å². The van der Waals surface area contributed by atoms with Gasteiger partial charge in [-0.3, -0.25) is 4.90 Å². The van der Waals surface area contributed by atoms with E-state index >= 15 is 0 Å². The van der Waals surface area contributed by atoms with Crippen LogP contribution in [0, 0.1) is 0 Å². The van der Waals surface area contributed by atoms with Crippen molar-refractivity contribution in [3.8, 4) is 5.75 Å². The highest BCUT2D eigenvalue weighted by molar-refractivity contribution is 5.70. The highest BCUT2D eigenvalue weighted by Crippen LogP contribution is 2.35. The van der Waals surface area contributed by atoms with Crippen molar-refractivity contribution in [1.29, 1.82) is 0 Å². The Kier molecular flexibility index (Phi) is 7.28. The maximum Gasteiger partial charge on any atom is 0.416 e. The molecule has 0 radical (unpaired) electrons. The van der Waals surface area contributed by atoms with E-state index in [1.807, 2.05) is 0 Å². The molecular formula is C24H27F3N2O2. The number of alkyl halides is 3. The number of hydrogen-bond acceptors (Lipinski definition) is 4. The van der Waals surface area contributed by atoms with E-state index in [1.165, 1.54) is 18.2 Å². The molecule has 0 saturated heterocycles. The molecule has 0 aromatic heterocycles. The summed E-state index contributed by atoms with van der Waals surface area (Å²) in [6, 6.07) is 9.44. The molecule has 1 aliphatic rings. The number of hydrogen-bond donors (Lipinski definition) is 2. The molecule has 3 rings (SSSR count). The topological polar surface area (TPSA) is 58.7 Å². The number of rotatable bonds is 8. The van der Waals surface area contributed by atoms with Crippen LogP contribution < -0.4 is 5.73 Å². The Hall–Kier alpha value is -2.93. The molecule has 0 aliphatic carbocycles. The fraction of sp³-hybridized carbons (Fsp3) is 0.333. The number of allylic oxidation sites excluding steroid dienone is 1. The smallest absolute Gasteiger partial charge is 0.416 e. The predicted octanol–water partition coefficient (Wildman–Crippen LogP) is 5.38. The zero-order valence-corrected chi connectivity index (χ0v) is 17.3. The third-order valence-corrected chi connectivity index (χ3v) is 5.38. The number of ether oxygens (including phenoxy) is 1. The number of benzene rings is 2. The number of phenols is 1. The Morgan fingerprint density at radius 1 is 1.19 bits per heavy atom. The molecular weight excluding hydrogens is 405 g/mol. The molecule has 1 heterocycles. The zero-order chi connectivity index (χ0) is 22.4. The van der Waals surface area contributed by atoms with E-state index in [-0.39, 0.29) is 5.75 Å². The normalized spacial score (nSPS) is 14.5. The van der Waals surface area contributed by atoms with E-state index in [0.717, 1.165) is 31.5 Å². The van der Waals surface area contributed by atoms with E-state index < -0.39 is 11.7 Å². The highest BCUT2D eigenvalue weighted by Gasteiger charge is 2.35. The van der Waals surface area contributed by atoms with Gasteiger partial charge in [-0.2, -0.15) is 13.2 Å². The zero-order valence-electron chi connectivity index (χ0n) is 17.3. The maximum atomic E-state index is 13.3. The summed E-state index contributed by atoms with van der Waals surface area (Å²) in [4.78, 5) is 2.07. The van der Waals surface area contributed by atoms with E-state index in [2.05, 4.69) is 11.5 Å². The second kappa shape index (κ2) is 9.92. The first kappa shape index (κ1) is 22.7. The SMILES string of the molecule is C=C(/C=C\c1cccc(O)c1N)OCCCCN1CCc2cccc(C(F)(F)F)c2C1. The van der Waals surface area contributed by atoms with Crippen molar-refractivity contribution in [2.75, 3.05) is 25.4 Å². The Morgan fingerprint density at radius 2 is 1.97 bits per heavy atom. The minimum atomic E-state index is -4.32. The number of nitrogen functional groups attached to an aromatic ring is 1. The minimum absolute atomic E-state index is 0.0244. The lowest BCUT2D eigenvalue weighted by molar-refractivity contribution is -0.138. The van der Waals surface area contributed by atoms with Gasteiger partial charge >= 0.3 is 6.18 Å². The molecule has 4 nitrogen and oxygen atoms in total. The van der Waals surface area contributed by atoms with Crippen molar-refractivity contribution in [2.24, 2.45) is 0 Å². The van der Waals surface area contributed by atoms with Gasteiger partial charge in [0.2, 0.25) is 0 Å². The van der Waals surface area contributed by atoms with Gasteiger partial charge in [0.05, 0.1) is 17.9 Å². The summed E-state index contributed by atoms with van der Waals surface area (Å²) in [5.74, 6) is 0.501. The molecule has 166 valence electrons. The van der Waals surface area contributed by atoms with Crippen LogP contribution in [0.3, 0.4) is 0 Å². The molecule has 1 aliphatic heterocycles. The van der Waals surface area contributed by atoms with E-state index in [0.29, 0.717) is 42.1 Å². The van der Waals surface area contributed by atoms with Gasteiger partial charge < -0.3 is 15.6 Å². The standard InChI is InChI=1S/C24H27F3N2O2/c1-17(10-11-19-7-5-9-22(30)23(19)28)31-15-3-2-13-29-14-12-18-6-4-8-21(20(18)16-29)24(25,26)27/h4-11,30H,1-3,12-16,28H2/b11-10-. The average Bonchev–Trinajstić information content (AvgIpc) is 2.73. The number of unbranched alkanes of at least 4 members (excludes halogenated alkanes) is 1. The van der Waals surface area contributed by atoms with Crippen molar-refractivity contribution in [2.45, 2.75) is 32.0 Å². The first-order valence-corrected chi connectivity index (χ1v) is 10.2. The summed E-state index contributed by atoms with van der Waals surface area (Å²) in [5.41, 5.74) is 7.45. The monoisotopic (exact) mass is 432 g/mol. The Morgan fingerprint density at radius 3 is 2.74 bits per heavy atom. The Labute approximate surface area is 180 Å². The van der Waals surface area contributed by atoms with Gasteiger partial charge in [0.15, 0.2) is 0 Å². The number of nitrogens with zero attached hydrogens (tertiary/aromatic N) is 1. The number of halogens is 3.